The molecule has 3 heteroatoms. The molecule has 2 rings (SSSR count). The first-order valence-corrected chi connectivity index (χ1v) is 5.22. The van der Waals surface area contributed by atoms with Crippen molar-refractivity contribution in [3.05, 3.63) is 23.2 Å². The van der Waals surface area contributed by atoms with Gasteiger partial charge in [-0.05, 0) is 32.0 Å². The molecular formula is C10H12N2S. The van der Waals surface area contributed by atoms with Gasteiger partial charge in [0.15, 0.2) is 0 Å². The van der Waals surface area contributed by atoms with Crippen molar-refractivity contribution in [1.29, 1.82) is 0 Å². The molecule has 0 fully saturated rings. The quantitative estimate of drug-likeness (QED) is 0.791. The Bertz CT molecular complexity index is 420. The summed E-state index contributed by atoms with van der Waals surface area (Å²) in [7, 11) is 0. The van der Waals surface area contributed by atoms with Gasteiger partial charge in [0, 0.05) is 12.2 Å². The van der Waals surface area contributed by atoms with E-state index in [1.54, 1.807) is 11.3 Å². The van der Waals surface area contributed by atoms with Crippen LogP contribution in [0.5, 0.6) is 0 Å². The van der Waals surface area contributed by atoms with Crippen LogP contribution in [0.15, 0.2) is 18.2 Å². The van der Waals surface area contributed by atoms with E-state index >= 15 is 0 Å². The Labute approximate surface area is 81.6 Å². The summed E-state index contributed by atoms with van der Waals surface area (Å²) in [5, 5.41) is 4.42. The molecule has 1 heterocycles. The van der Waals surface area contributed by atoms with Gasteiger partial charge in [0.1, 0.15) is 0 Å². The van der Waals surface area contributed by atoms with E-state index in [2.05, 4.69) is 35.4 Å². The Morgan fingerprint density at radius 1 is 1.46 bits per heavy atom. The summed E-state index contributed by atoms with van der Waals surface area (Å²) in [5.74, 6) is 0. The largest absolute Gasteiger partial charge is 0.385 e. The van der Waals surface area contributed by atoms with Crippen LogP contribution in [0.2, 0.25) is 0 Å². The lowest BCUT2D eigenvalue weighted by molar-refractivity contribution is 1.21. The Hall–Kier alpha value is -1.09. The van der Waals surface area contributed by atoms with E-state index in [0.717, 1.165) is 17.1 Å². The highest BCUT2D eigenvalue weighted by Gasteiger charge is 2.00. The summed E-state index contributed by atoms with van der Waals surface area (Å²) >= 11 is 1.74. The molecule has 1 N–H and O–H groups in total. The lowest BCUT2D eigenvalue weighted by atomic mass is 10.3. The smallest absolute Gasteiger partial charge is 0.0907 e. The van der Waals surface area contributed by atoms with Crippen molar-refractivity contribution in [3.63, 3.8) is 0 Å². The molecule has 0 spiro atoms. The van der Waals surface area contributed by atoms with Gasteiger partial charge in [0.2, 0.25) is 0 Å². The van der Waals surface area contributed by atoms with E-state index < -0.39 is 0 Å². The molecule has 68 valence electrons. The van der Waals surface area contributed by atoms with Crippen LogP contribution >= 0.6 is 11.3 Å². The zero-order valence-corrected chi connectivity index (χ0v) is 8.61. The average Bonchev–Trinajstić information content (AvgIpc) is 2.44. The van der Waals surface area contributed by atoms with Crippen molar-refractivity contribution in [2.45, 2.75) is 13.8 Å². The van der Waals surface area contributed by atoms with Crippen LogP contribution < -0.4 is 5.32 Å². The number of nitrogens with zero attached hydrogens (tertiary/aromatic N) is 1. The Kier molecular flexibility index (Phi) is 2.19. The highest BCUT2D eigenvalue weighted by molar-refractivity contribution is 7.18. The highest BCUT2D eigenvalue weighted by Crippen LogP contribution is 2.24. The van der Waals surface area contributed by atoms with Gasteiger partial charge >= 0.3 is 0 Å². The Morgan fingerprint density at radius 2 is 2.31 bits per heavy atom. The minimum Gasteiger partial charge on any atom is -0.385 e. The van der Waals surface area contributed by atoms with Crippen molar-refractivity contribution in [1.82, 2.24) is 4.98 Å². The van der Waals surface area contributed by atoms with Crippen molar-refractivity contribution in [2.75, 3.05) is 11.9 Å². The van der Waals surface area contributed by atoms with E-state index in [9.17, 15) is 0 Å². The second-order valence-corrected chi connectivity index (χ2v) is 4.18. The molecular weight excluding hydrogens is 180 g/mol. The van der Waals surface area contributed by atoms with E-state index in [-0.39, 0.29) is 0 Å². The maximum Gasteiger partial charge on any atom is 0.0907 e. The summed E-state index contributed by atoms with van der Waals surface area (Å²) < 4.78 is 1.26. The van der Waals surface area contributed by atoms with Gasteiger partial charge in [-0.25, -0.2) is 4.98 Å². The predicted molar refractivity (Wildman–Crippen MR) is 58.5 cm³/mol. The fourth-order valence-corrected chi connectivity index (χ4v) is 2.22. The van der Waals surface area contributed by atoms with Crippen LogP contribution in [0.4, 0.5) is 5.69 Å². The third kappa shape index (κ3) is 1.65. The number of aryl methyl sites for hydroxylation is 1. The molecule has 2 aromatic rings. The third-order valence-corrected chi connectivity index (χ3v) is 2.81. The van der Waals surface area contributed by atoms with Gasteiger partial charge in [-0.3, -0.25) is 0 Å². The molecule has 2 nitrogen and oxygen atoms in total. The molecule has 1 aromatic heterocycles. The molecule has 1 aromatic carbocycles. The number of anilines is 1. The number of aromatic nitrogens is 1. The Balaban J connectivity index is 2.48. The topological polar surface area (TPSA) is 24.9 Å². The van der Waals surface area contributed by atoms with E-state index in [1.807, 2.05) is 6.92 Å². The van der Waals surface area contributed by atoms with E-state index in [4.69, 9.17) is 0 Å². The molecule has 0 aliphatic heterocycles. The zero-order valence-electron chi connectivity index (χ0n) is 7.79. The fourth-order valence-electron chi connectivity index (χ4n) is 1.35. The van der Waals surface area contributed by atoms with Crippen molar-refractivity contribution < 1.29 is 0 Å². The van der Waals surface area contributed by atoms with Crippen LogP contribution in [0, 0.1) is 6.92 Å². The molecule has 0 bridgehead atoms. The summed E-state index contributed by atoms with van der Waals surface area (Å²) in [4.78, 5) is 4.41. The van der Waals surface area contributed by atoms with Gasteiger partial charge in [0.05, 0.1) is 15.2 Å². The minimum atomic E-state index is 0.962. The zero-order chi connectivity index (χ0) is 9.26. The summed E-state index contributed by atoms with van der Waals surface area (Å²) in [6, 6.07) is 6.30. The third-order valence-electron chi connectivity index (χ3n) is 1.88. The number of rotatable bonds is 2. The first kappa shape index (κ1) is 8.51. The average molecular weight is 192 g/mol. The van der Waals surface area contributed by atoms with Gasteiger partial charge in [-0.15, -0.1) is 11.3 Å². The van der Waals surface area contributed by atoms with E-state index in [0.29, 0.717) is 0 Å². The monoisotopic (exact) mass is 192 g/mol. The lowest BCUT2D eigenvalue weighted by Gasteiger charge is -2.00. The fraction of sp³-hybridized carbons (Fsp3) is 0.300. The maximum absolute atomic E-state index is 4.41. The van der Waals surface area contributed by atoms with Crippen LogP contribution in [0.25, 0.3) is 10.2 Å². The molecule has 0 saturated heterocycles. The summed E-state index contributed by atoms with van der Waals surface area (Å²) in [6.07, 6.45) is 0. The summed E-state index contributed by atoms with van der Waals surface area (Å²) in [5.41, 5.74) is 2.28. The number of hydrogen-bond acceptors (Lipinski definition) is 3. The highest BCUT2D eigenvalue weighted by atomic mass is 32.1. The van der Waals surface area contributed by atoms with Crippen molar-refractivity contribution in [3.8, 4) is 0 Å². The minimum absolute atomic E-state index is 0.962. The van der Waals surface area contributed by atoms with E-state index in [1.165, 1.54) is 10.4 Å². The van der Waals surface area contributed by atoms with Gasteiger partial charge in [0.25, 0.3) is 0 Å². The first-order chi connectivity index (χ1) is 6.29. The van der Waals surface area contributed by atoms with Crippen molar-refractivity contribution >= 4 is 27.2 Å². The maximum atomic E-state index is 4.41. The number of hydrogen-bond donors (Lipinski definition) is 1. The van der Waals surface area contributed by atoms with Crippen LogP contribution in [-0.2, 0) is 0 Å². The number of thiazole rings is 1. The van der Waals surface area contributed by atoms with Gasteiger partial charge in [-0.2, -0.15) is 0 Å². The second kappa shape index (κ2) is 3.34. The van der Waals surface area contributed by atoms with Crippen LogP contribution in [0.1, 0.15) is 11.9 Å². The standard InChI is InChI=1S/C10H12N2S/c1-3-11-8-4-5-9-10(6-8)13-7(2)12-9/h4-6,11H,3H2,1-2H3. The van der Waals surface area contributed by atoms with Gasteiger partial charge < -0.3 is 5.32 Å². The van der Waals surface area contributed by atoms with Crippen LogP contribution in [0.3, 0.4) is 0 Å². The second-order valence-electron chi connectivity index (χ2n) is 2.95. The first-order valence-electron chi connectivity index (χ1n) is 4.40. The molecule has 0 amide bonds. The predicted octanol–water partition coefficient (Wildman–Crippen LogP) is 3.04. The SMILES string of the molecule is CCNc1ccc2nc(C)sc2c1. The Morgan fingerprint density at radius 3 is 3.08 bits per heavy atom. The molecule has 0 radical (unpaired) electrons. The molecule has 0 unspecified atom stereocenters. The lowest BCUT2D eigenvalue weighted by Crippen LogP contribution is -1.95. The number of benzene rings is 1. The molecule has 0 saturated carbocycles. The molecule has 0 atom stereocenters. The van der Waals surface area contributed by atoms with Gasteiger partial charge in [-0.1, -0.05) is 0 Å². The number of nitrogens with one attached hydrogen (secondary N) is 1. The summed E-state index contributed by atoms with van der Waals surface area (Å²) in [6.45, 7) is 5.10. The molecule has 0 aliphatic rings. The normalized spacial score (nSPS) is 10.6. The molecule has 13 heavy (non-hydrogen) atoms. The van der Waals surface area contributed by atoms with Crippen molar-refractivity contribution in [2.24, 2.45) is 0 Å². The number of fused-ring (bicyclic) bond motifs is 1. The van der Waals surface area contributed by atoms with Crippen LogP contribution in [-0.4, -0.2) is 11.5 Å². The molecule has 0 aliphatic carbocycles.